The summed E-state index contributed by atoms with van der Waals surface area (Å²) in [7, 11) is 0. The van der Waals surface area contributed by atoms with Crippen LogP contribution in [0.2, 0.25) is 5.02 Å². The fourth-order valence-corrected chi connectivity index (χ4v) is 2.96. The van der Waals surface area contributed by atoms with Crippen LogP contribution in [-0.2, 0) is 6.42 Å². The van der Waals surface area contributed by atoms with Crippen LogP contribution in [0.1, 0.15) is 16.1 Å². The normalized spacial score (nSPS) is 10.9. The van der Waals surface area contributed by atoms with Gasteiger partial charge in [-0.15, -0.1) is 0 Å². The number of carbonyl (C=O) groups is 1. The number of pyridine rings is 1. The molecule has 0 saturated carbocycles. The first-order chi connectivity index (χ1) is 13.2. The van der Waals surface area contributed by atoms with Crippen molar-refractivity contribution < 1.29 is 4.79 Å². The second kappa shape index (κ2) is 7.55. The van der Waals surface area contributed by atoms with Crippen LogP contribution in [0.5, 0.6) is 0 Å². The fourth-order valence-electron chi connectivity index (χ4n) is 2.84. The molecule has 0 aliphatic carbocycles. The predicted octanol–water partition coefficient (Wildman–Crippen LogP) is 3.42. The molecule has 3 aromatic heterocycles. The summed E-state index contributed by atoms with van der Waals surface area (Å²) in [6.45, 7) is 0.490. The molecule has 7 heteroatoms. The van der Waals surface area contributed by atoms with Crippen molar-refractivity contribution in [2.45, 2.75) is 6.42 Å². The summed E-state index contributed by atoms with van der Waals surface area (Å²) in [4.78, 5) is 21.1. The first-order valence-electron chi connectivity index (χ1n) is 8.49. The van der Waals surface area contributed by atoms with Gasteiger partial charge in [0, 0.05) is 41.6 Å². The van der Waals surface area contributed by atoms with Gasteiger partial charge in [-0.25, -0.2) is 9.50 Å². The van der Waals surface area contributed by atoms with Gasteiger partial charge < -0.3 is 5.32 Å². The Hall–Kier alpha value is -3.25. The summed E-state index contributed by atoms with van der Waals surface area (Å²) in [5.41, 5.74) is 3.66. The van der Waals surface area contributed by atoms with Crippen LogP contribution in [0.25, 0.3) is 16.9 Å². The summed E-state index contributed by atoms with van der Waals surface area (Å²) in [5, 5.41) is 7.92. The van der Waals surface area contributed by atoms with Crippen molar-refractivity contribution in [3.63, 3.8) is 0 Å². The molecule has 0 fully saturated rings. The average molecular weight is 378 g/mol. The lowest BCUT2D eigenvalue weighted by Crippen LogP contribution is -2.25. The van der Waals surface area contributed by atoms with Crippen molar-refractivity contribution in [2.75, 3.05) is 6.54 Å². The van der Waals surface area contributed by atoms with Crippen LogP contribution in [0, 0.1) is 0 Å². The number of amides is 1. The predicted molar refractivity (Wildman–Crippen MR) is 104 cm³/mol. The Labute approximate surface area is 160 Å². The van der Waals surface area contributed by atoms with Crippen LogP contribution in [0.15, 0.2) is 67.1 Å². The number of nitrogens with zero attached hydrogens (tertiary/aromatic N) is 4. The van der Waals surface area contributed by atoms with Gasteiger partial charge in [-0.05, 0) is 30.3 Å². The zero-order valence-corrected chi connectivity index (χ0v) is 15.1. The van der Waals surface area contributed by atoms with Crippen molar-refractivity contribution >= 4 is 23.2 Å². The van der Waals surface area contributed by atoms with Gasteiger partial charge in [-0.3, -0.25) is 9.78 Å². The van der Waals surface area contributed by atoms with E-state index in [-0.39, 0.29) is 5.91 Å². The maximum atomic E-state index is 12.6. The largest absolute Gasteiger partial charge is 0.351 e. The van der Waals surface area contributed by atoms with Crippen molar-refractivity contribution in [3.05, 3.63) is 83.4 Å². The highest BCUT2D eigenvalue weighted by atomic mass is 35.5. The molecule has 1 amide bonds. The van der Waals surface area contributed by atoms with E-state index < -0.39 is 0 Å². The summed E-state index contributed by atoms with van der Waals surface area (Å²) in [6.07, 6.45) is 5.61. The van der Waals surface area contributed by atoms with Gasteiger partial charge in [-0.2, -0.15) is 5.10 Å². The number of aromatic nitrogens is 4. The number of nitrogens with one attached hydrogen (secondary N) is 1. The second-order valence-corrected chi connectivity index (χ2v) is 6.39. The smallest absolute Gasteiger partial charge is 0.256 e. The zero-order chi connectivity index (χ0) is 18.6. The Morgan fingerprint density at radius 1 is 1.04 bits per heavy atom. The number of rotatable bonds is 5. The number of halogens is 1. The third-order valence-electron chi connectivity index (χ3n) is 4.18. The van der Waals surface area contributed by atoms with Crippen molar-refractivity contribution in [3.8, 4) is 11.3 Å². The van der Waals surface area contributed by atoms with E-state index in [1.165, 1.54) is 6.20 Å². The molecule has 134 valence electrons. The van der Waals surface area contributed by atoms with Crippen LogP contribution >= 0.6 is 11.6 Å². The third-order valence-corrected chi connectivity index (χ3v) is 4.43. The van der Waals surface area contributed by atoms with Crippen molar-refractivity contribution in [2.24, 2.45) is 0 Å². The Kier molecular flexibility index (Phi) is 4.80. The van der Waals surface area contributed by atoms with E-state index in [1.807, 2.05) is 48.5 Å². The first-order valence-corrected chi connectivity index (χ1v) is 8.87. The van der Waals surface area contributed by atoms with Crippen LogP contribution in [0.3, 0.4) is 0 Å². The van der Waals surface area contributed by atoms with E-state index in [0.717, 1.165) is 17.0 Å². The number of benzene rings is 1. The third kappa shape index (κ3) is 3.66. The molecule has 0 saturated heterocycles. The standard InChI is InChI=1S/C20H16ClN5O/c21-15-6-4-14(5-7-15)18-9-12-23-19-17(13-25-26(18)19)20(27)24-11-8-16-3-1-2-10-22-16/h1-7,9-10,12-13H,8,11H2,(H,24,27). The SMILES string of the molecule is O=C(NCCc1ccccn1)c1cnn2c(-c3ccc(Cl)cc3)ccnc12. The van der Waals surface area contributed by atoms with E-state index in [4.69, 9.17) is 11.6 Å². The molecule has 27 heavy (non-hydrogen) atoms. The highest BCUT2D eigenvalue weighted by molar-refractivity contribution is 6.30. The molecule has 0 spiro atoms. The molecular formula is C20H16ClN5O. The molecular weight excluding hydrogens is 362 g/mol. The van der Waals surface area contributed by atoms with E-state index in [2.05, 4.69) is 20.4 Å². The highest BCUT2D eigenvalue weighted by Crippen LogP contribution is 2.22. The maximum Gasteiger partial charge on any atom is 0.256 e. The highest BCUT2D eigenvalue weighted by Gasteiger charge is 2.16. The van der Waals surface area contributed by atoms with Crippen molar-refractivity contribution in [1.82, 2.24) is 24.9 Å². The lowest BCUT2D eigenvalue weighted by atomic mass is 10.1. The number of hydrogen-bond donors (Lipinski definition) is 1. The second-order valence-electron chi connectivity index (χ2n) is 5.96. The Bertz CT molecular complexity index is 1080. The van der Waals surface area contributed by atoms with Gasteiger partial charge in [0.2, 0.25) is 0 Å². The molecule has 6 nitrogen and oxygen atoms in total. The van der Waals surface area contributed by atoms with Crippen LogP contribution in [-0.4, -0.2) is 32.0 Å². The molecule has 0 radical (unpaired) electrons. The maximum absolute atomic E-state index is 12.6. The molecule has 0 bridgehead atoms. The minimum Gasteiger partial charge on any atom is -0.351 e. The van der Waals surface area contributed by atoms with E-state index in [1.54, 1.807) is 16.9 Å². The summed E-state index contributed by atoms with van der Waals surface area (Å²) < 4.78 is 1.66. The van der Waals surface area contributed by atoms with Gasteiger partial charge in [-0.1, -0.05) is 29.8 Å². The van der Waals surface area contributed by atoms with E-state index in [0.29, 0.717) is 29.2 Å². The molecule has 1 N–H and O–H groups in total. The van der Waals surface area contributed by atoms with E-state index in [9.17, 15) is 4.79 Å². The Balaban J connectivity index is 1.55. The molecule has 0 aliphatic rings. The summed E-state index contributed by atoms with van der Waals surface area (Å²) in [6, 6.07) is 15.0. The van der Waals surface area contributed by atoms with Gasteiger partial charge in [0.05, 0.1) is 11.9 Å². The molecule has 0 aliphatic heterocycles. The Morgan fingerprint density at radius 2 is 1.89 bits per heavy atom. The van der Waals surface area contributed by atoms with Gasteiger partial charge in [0.25, 0.3) is 5.91 Å². The van der Waals surface area contributed by atoms with Crippen molar-refractivity contribution in [1.29, 1.82) is 0 Å². The van der Waals surface area contributed by atoms with Crippen LogP contribution < -0.4 is 5.32 Å². The lowest BCUT2D eigenvalue weighted by Gasteiger charge is -2.06. The summed E-state index contributed by atoms with van der Waals surface area (Å²) >= 11 is 5.96. The molecule has 4 aromatic rings. The minimum atomic E-state index is -0.207. The number of fused-ring (bicyclic) bond motifs is 1. The Morgan fingerprint density at radius 3 is 2.67 bits per heavy atom. The van der Waals surface area contributed by atoms with Gasteiger partial charge in [0.15, 0.2) is 5.65 Å². The quantitative estimate of drug-likeness (QED) is 0.578. The lowest BCUT2D eigenvalue weighted by molar-refractivity contribution is 0.0955. The summed E-state index contributed by atoms with van der Waals surface area (Å²) in [5.74, 6) is -0.207. The number of hydrogen-bond acceptors (Lipinski definition) is 4. The molecule has 4 rings (SSSR count). The van der Waals surface area contributed by atoms with E-state index >= 15 is 0 Å². The molecule has 3 heterocycles. The average Bonchev–Trinajstić information content (AvgIpc) is 3.14. The first kappa shape index (κ1) is 17.2. The zero-order valence-electron chi connectivity index (χ0n) is 14.3. The molecule has 0 atom stereocenters. The minimum absolute atomic E-state index is 0.207. The topological polar surface area (TPSA) is 72.2 Å². The molecule has 1 aromatic carbocycles. The van der Waals surface area contributed by atoms with Crippen LogP contribution in [0.4, 0.5) is 0 Å². The van der Waals surface area contributed by atoms with Gasteiger partial charge in [0.1, 0.15) is 5.56 Å². The fraction of sp³-hybridized carbons (Fsp3) is 0.100. The monoisotopic (exact) mass is 377 g/mol. The molecule has 0 unspecified atom stereocenters. The number of carbonyl (C=O) groups excluding carboxylic acids is 1. The van der Waals surface area contributed by atoms with Gasteiger partial charge >= 0.3 is 0 Å².